The van der Waals surface area contributed by atoms with Gasteiger partial charge in [-0.1, -0.05) is 24.3 Å². The molecule has 24 heavy (non-hydrogen) atoms. The molecule has 1 fully saturated rings. The lowest BCUT2D eigenvalue weighted by atomic mass is 10.1. The molecule has 2 aromatic carbocycles. The van der Waals surface area contributed by atoms with Crippen molar-refractivity contribution in [2.45, 2.75) is 13.3 Å². The molecule has 5 heteroatoms. The molecule has 1 atom stereocenters. The van der Waals surface area contributed by atoms with Gasteiger partial charge < -0.3 is 16.0 Å². The van der Waals surface area contributed by atoms with Crippen molar-refractivity contribution in [3.63, 3.8) is 0 Å². The zero-order valence-corrected chi connectivity index (χ0v) is 13.6. The average molecular weight is 323 g/mol. The quantitative estimate of drug-likeness (QED) is 0.810. The fraction of sp³-hybridized carbons (Fsp3) is 0.263. The maximum Gasteiger partial charge on any atom is 0.255 e. The van der Waals surface area contributed by atoms with Crippen LogP contribution < -0.4 is 16.0 Å². The Morgan fingerprint density at radius 2 is 1.71 bits per heavy atom. The average Bonchev–Trinajstić information content (AvgIpc) is 3.14. The largest absolute Gasteiger partial charge is 0.325 e. The molecule has 2 aromatic rings. The van der Waals surface area contributed by atoms with Crippen molar-refractivity contribution in [1.82, 2.24) is 5.32 Å². The number of rotatable bonds is 4. The molecule has 1 saturated heterocycles. The van der Waals surface area contributed by atoms with Crippen LogP contribution in [0.25, 0.3) is 0 Å². The van der Waals surface area contributed by atoms with Crippen LogP contribution in [0, 0.1) is 12.8 Å². The van der Waals surface area contributed by atoms with Crippen LogP contribution in [0.15, 0.2) is 48.5 Å². The van der Waals surface area contributed by atoms with Crippen LogP contribution in [0.1, 0.15) is 22.3 Å². The third kappa shape index (κ3) is 3.63. The first-order chi connectivity index (χ1) is 11.6. The van der Waals surface area contributed by atoms with E-state index in [0.29, 0.717) is 11.3 Å². The van der Waals surface area contributed by atoms with Crippen LogP contribution >= 0.6 is 0 Å². The molecular weight excluding hydrogens is 302 g/mol. The van der Waals surface area contributed by atoms with Gasteiger partial charge in [-0.15, -0.1) is 0 Å². The minimum Gasteiger partial charge on any atom is -0.325 e. The van der Waals surface area contributed by atoms with Gasteiger partial charge in [0.15, 0.2) is 0 Å². The minimum absolute atomic E-state index is 0.00645. The van der Waals surface area contributed by atoms with E-state index >= 15 is 0 Å². The molecule has 1 aliphatic heterocycles. The monoisotopic (exact) mass is 323 g/mol. The van der Waals surface area contributed by atoms with Crippen LogP contribution in [-0.4, -0.2) is 24.9 Å². The zero-order chi connectivity index (χ0) is 16.9. The number of anilines is 2. The van der Waals surface area contributed by atoms with Gasteiger partial charge in [0.25, 0.3) is 5.91 Å². The van der Waals surface area contributed by atoms with Crippen LogP contribution in [-0.2, 0) is 4.79 Å². The number of amides is 2. The second kappa shape index (κ2) is 7.27. The maximum absolute atomic E-state index is 12.3. The number of benzene rings is 2. The molecule has 124 valence electrons. The standard InChI is InChI=1S/C19H21N3O2/c1-13-16(21-18(23)14-6-3-2-4-7-14)8-5-9-17(13)22-19(24)15-10-11-20-12-15/h2-9,15,20H,10-12H2,1H3,(H,21,23)(H,22,24). The molecule has 0 aliphatic carbocycles. The second-order valence-corrected chi connectivity index (χ2v) is 5.98. The summed E-state index contributed by atoms with van der Waals surface area (Å²) in [6.45, 7) is 3.49. The van der Waals surface area contributed by atoms with E-state index in [-0.39, 0.29) is 17.7 Å². The molecule has 0 saturated carbocycles. The first-order valence-electron chi connectivity index (χ1n) is 8.13. The predicted molar refractivity (Wildman–Crippen MR) is 95.2 cm³/mol. The third-order valence-corrected chi connectivity index (χ3v) is 4.31. The summed E-state index contributed by atoms with van der Waals surface area (Å²) in [5, 5.41) is 9.07. The van der Waals surface area contributed by atoms with Crippen molar-refractivity contribution in [2.75, 3.05) is 23.7 Å². The van der Waals surface area contributed by atoms with Crippen LogP contribution in [0.2, 0.25) is 0 Å². The summed E-state index contributed by atoms with van der Waals surface area (Å²) in [7, 11) is 0. The highest BCUT2D eigenvalue weighted by Gasteiger charge is 2.23. The molecule has 1 heterocycles. The topological polar surface area (TPSA) is 70.2 Å². The Morgan fingerprint density at radius 1 is 1.00 bits per heavy atom. The van der Waals surface area contributed by atoms with Gasteiger partial charge in [-0.2, -0.15) is 0 Å². The van der Waals surface area contributed by atoms with Crippen molar-refractivity contribution in [1.29, 1.82) is 0 Å². The van der Waals surface area contributed by atoms with Gasteiger partial charge in [0.05, 0.1) is 5.92 Å². The summed E-state index contributed by atoms with van der Waals surface area (Å²) in [5.41, 5.74) is 2.88. The lowest BCUT2D eigenvalue weighted by Gasteiger charge is -2.15. The summed E-state index contributed by atoms with van der Waals surface area (Å²) in [4.78, 5) is 24.6. The van der Waals surface area contributed by atoms with Crippen molar-refractivity contribution >= 4 is 23.2 Å². The lowest BCUT2D eigenvalue weighted by Crippen LogP contribution is -2.25. The van der Waals surface area contributed by atoms with E-state index in [4.69, 9.17) is 0 Å². The normalized spacial score (nSPS) is 16.6. The van der Waals surface area contributed by atoms with Crippen molar-refractivity contribution in [2.24, 2.45) is 5.92 Å². The molecule has 0 bridgehead atoms. The summed E-state index contributed by atoms with van der Waals surface area (Å²) >= 11 is 0. The van der Waals surface area contributed by atoms with E-state index in [2.05, 4.69) is 16.0 Å². The highest BCUT2D eigenvalue weighted by molar-refractivity contribution is 6.05. The zero-order valence-electron chi connectivity index (χ0n) is 13.6. The Labute approximate surface area is 141 Å². The Morgan fingerprint density at radius 3 is 2.38 bits per heavy atom. The first-order valence-corrected chi connectivity index (χ1v) is 8.13. The molecule has 3 N–H and O–H groups in total. The summed E-state index contributed by atoms with van der Waals surface area (Å²) in [6.07, 6.45) is 0.856. The SMILES string of the molecule is Cc1c(NC(=O)c2ccccc2)cccc1NC(=O)C1CCNC1. The van der Waals surface area contributed by atoms with E-state index in [1.165, 1.54) is 0 Å². The van der Waals surface area contributed by atoms with E-state index in [9.17, 15) is 9.59 Å². The van der Waals surface area contributed by atoms with Crippen molar-refractivity contribution in [3.8, 4) is 0 Å². The molecule has 2 amide bonds. The predicted octanol–water partition coefficient (Wildman–Crippen LogP) is 2.80. The molecule has 3 rings (SSSR count). The Hall–Kier alpha value is -2.66. The summed E-state index contributed by atoms with van der Waals surface area (Å²) in [6, 6.07) is 14.6. The fourth-order valence-electron chi connectivity index (χ4n) is 2.80. The molecule has 1 aliphatic rings. The number of carbonyl (C=O) groups is 2. The van der Waals surface area contributed by atoms with E-state index in [1.54, 1.807) is 12.1 Å². The molecule has 0 aromatic heterocycles. The van der Waals surface area contributed by atoms with E-state index < -0.39 is 0 Å². The van der Waals surface area contributed by atoms with Crippen molar-refractivity contribution in [3.05, 3.63) is 59.7 Å². The van der Waals surface area contributed by atoms with Gasteiger partial charge in [-0.25, -0.2) is 0 Å². The van der Waals surface area contributed by atoms with Gasteiger partial charge in [0.2, 0.25) is 5.91 Å². The molecule has 0 radical (unpaired) electrons. The summed E-state index contributed by atoms with van der Waals surface area (Å²) in [5.74, 6) is -0.135. The number of hydrogen-bond acceptors (Lipinski definition) is 3. The molecule has 5 nitrogen and oxygen atoms in total. The lowest BCUT2D eigenvalue weighted by molar-refractivity contribution is -0.119. The second-order valence-electron chi connectivity index (χ2n) is 5.98. The minimum atomic E-state index is -0.165. The molecule has 0 spiro atoms. The smallest absolute Gasteiger partial charge is 0.255 e. The van der Waals surface area contributed by atoms with E-state index in [1.807, 2.05) is 43.3 Å². The van der Waals surface area contributed by atoms with Gasteiger partial charge in [-0.05, 0) is 49.7 Å². The van der Waals surface area contributed by atoms with Gasteiger partial charge in [-0.3, -0.25) is 9.59 Å². The van der Waals surface area contributed by atoms with E-state index in [0.717, 1.165) is 30.8 Å². The Balaban J connectivity index is 1.73. The maximum atomic E-state index is 12.3. The first kappa shape index (κ1) is 16.2. The Kier molecular flexibility index (Phi) is 4.91. The van der Waals surface area contributed by atoms with Gasteiger partial charge >= 0.3 is 0 Å². The van der Waals surface area contributed by atoms with Crippen molar-refractivity contribution < 1.29 is 9.59 Å². The van der Waals surface area contributed by atoms with Crippen LogP contribution in [0.4, 0.5) is 11.4 Å². The van der Waals surface area contributed by atoms with Gasteiger partial charge in [0, 0.05) is 23.5 Å². The summed E-state index contributed by atoms with van der Waals surface area (Å²) < 4.78 is 0. The molecule has 1 unspecified atom stereocenters. The van der Waals surface area contributed by atoms with Crippen LogP contribution in [0.5, 0.6) is 0 Å². The highest BCUT2D eigenvalue weighted by atomic mass is 16.2. The number of carbonyl (C=O) groups excluding carboxylic acids is 2. The number of nitrogens with one attached hydrogen (secondary N) is 3. The third-order valence-electron chi connectivity index (χ3n) is 4.31. The van der Waals surface area contributed by atoms with Crippen LogP contribution in [0.3, 0.4) is 0 Å². The van der Waals surface area contributed by atoms with Gasteiger partial charge in [0.1, 0.15) is 0 Å². The highest BCUT2D eigenvalue weighted by Crippen LogP contribution is 2.25. The Bertz CT molecular complexity index is 738. The number of hydrogen-bond donors (Lipinski definition) is 3. The molecular formula is C19H21N3O2. The fourth-order valence-corrected chi connectivity index (χ4v) is 2.80.